The molecule has 0 aliphatic heterocycles. The first-order valence-electron chi connectivity index (χ1n) is 5.09. The third-order valence-electron chi connectivity index (χ3n) is 2.69. The number of rotatable bonds is 0. The standard InChI is InChI=1S/C13H6BCl2N/c14-7-1-3-11-9(5-7)13(16)10-6-8(15)2-4-12(10)17-11/h1-6H. The first-order valence-corrected chi connectivity index (χ1v) is 5.85. The number of aromatic nitrogens is 1. The fourth-order valence-corrected chi connectivity index (χ4v) is 2.36. The molecule has 3 aromatic rings. The van der Waals surface area contributed by atoms with E-state index in [0.717, 1.165) is 21.8 Å². The lowest BCUT2D eigenvalue weighted by molar-refractivity contribution is 1.50. The van der Waals surface area contributed by atoms with Gasteiger partial charge < -0.3 is 0 Å². The predicted octanol–water partition coefficient (Wildman–Crippen LogP) is 3.49. The van der Waals surface area contributed by atoms with E-state index in [9.17, 15) is 0 Å². The summed E-state index contributed by atoms with van der Waals surface area (Å²) in [5.41, 5.74) is 2.33. The van der Waals surface area contributed by atoms with E-state index in [1.165, 1.54) is 0 Å². The highest BCUT2D eigenvalue weighted by molar-refractivity contribution is 6.42. The summed E-state index contributed by atoms with van der Waals surface area (Å²) in [6, 6.07) is 11.0. The summed E-state index contributed by atoms with van der Waals surface area (Å²) in [7, 11) is 5.75. The van der Waals surface area contributed by atoms with Gasteiger partial charge in [0.2, 0.25) is 0 Å². The van der Waals surface area contributed by atoms with Crippen LogP contribution in [-0.2, 0) is 0 Å². The van der Waals surface area contributed by atoms with Crippen LogP contribution in [0.15, 0.2) is 36.4 Å². The molecule has 0 aliphatic rings. The molecule has 2 aromatic carbocycles. The molecule has 17 heavy (non-hydrogen) atoms. The minimum atomic E-state index is 0.639. The van der Waals surface area contributed by atoms with E-state index in [-0.39, 0.29) is 0 Å². The summed E-state index contributed by atoms with van der Waals surface area (Å²) in [4.78, 5) is 4.52. The molecular weight excluding hydrogens is 252 g/mol. The highest BCUT2D eigenvalue weighted by atomic mass is 35.5. The lowest BCUT2D eigenvalue weighted by Gasteiger charge is -2.06. The van der Waals surface area contributed by atoms with Crippen molar-refractivity contribution >= 4 is 58.3 Å². The first kappa shape index (κ1) is 10.9. The Morgan fingerprint density at radius 1 is 0.882 bits per heavy atom. The van der Waals surface area contributed by atoms with Gasteiger partial charge in [0.05, 0.1) is 16.1 Å². The highest BCUT2D eigenvalue weighted by Gasteiger charge is 2.07. The number of nitrogens with zero attached hydrogens (tertiary/aromatic N) is 1. The van der Waals surface area contributed by atoms with Crippen LogP contribution in [0.25, 0.3) is 21.8 Å². The van der Waals surface area contributed by atoms with Crippen molar-refractivity contribution in [3.63, 3.8) is 0 Å². The lowest BCUT2D eigenvalue weighted by Crippen LogP contribution is -2.00. The summed E-state index contributed by atoms with van der Waals surface area (Å²) in [5.74, 6) is 0. The molecular formula is C13H6BCl2N. The van der Waals surface area contributed by atoms with Crippen LogP contribution in [0.5, 0.6) is 0 Å². The fourth-order valence-electron chi connectivity index (χ4n) is 1.88. The average molecular weight is 258 g/mol. The van der Waals surface area contributed by atoms with E-state index < -0.39 is 0 Å². The van der Waals surface area contributed by atoms with E-state index >= 15 is 0 Å². The van der Waals surface area contributed by atoms with Gasteiger partial charge in [-0.1, -0.05) is 40.8 Å². The SMILES string of the molecule is [B]c1ccc2nc3ccc(Cl)cc3c(Cl)c2c1. The maximum absolute atomic E-state index is 6.36. The third-order valence-corrected chi connectivity index (χ3v) is 3.34. The molecule has 3 rings (SSSR count). The second-order valence-electron chi connectivity index (χ2n) is 3.86. The van der Waals surface area contributed by atoms with Crippen molar-refractivity contribution in [1.29, 1.82) is 0 Å². The summed E-state index contributed by atoms with van der Waals surface area (Å²) in [5, 5.41) is 2.97. The normalized spacial score (nSPS) is 11.2. The maximum Gasteiger partial charge on any atom is 0.113 e. The highest BCUT2D eigenvalue weighted by Crippen LogP contribution is 2.31. The van der Waals surface area contributed by atoms with Gasteiger partial charge in [-0.2, -0.15) is 0 Å². The van der Waals surface area contributed by atoms with E-state index in [4.69, 9.17) is 31.0 Å². The van der Waals surface area contributed by atoms with Gasteiger partial charge in [0.25, 0.3) is 0 Å². The molecule has 0 bridgehead atoms. The van der Waals surface area contributed by atoms with Gasteiger partial charge in [0.1, 0.15) is 7.85 Å². The van der Waals surface area contributed by atoms with Crippen LogP contribution in [0.2, 0.25) is 10.0 Å². The number of halogens is 2. The molecule has 2 radical (unpaired) electrons. The van der Waals surface area contributed by atoms with Crippen molar-refractivity contribution in [2.24, 2.45) is 0 Å². The molecule has 4 heteroatoms. The Morgan fingerprint density at radius 2 is 1.53 bits per heavy atom. The van der Waals surface area contributed by atoms with Gasteiger partial charge in [0.15, 0.2) is 0 Å². The van der Waals surface area contributed by atoms with Crippen LogP contribution in [0, 0.1) is 0 Å². The Bertz CT molecular complexity index is 680. The van der Waals surface area contributed by atoms with Gasteiger partial charge in [-0.3, -0.25) is 0 Å². The van der Waals surface area contributed by atoms with Crippen molar-refractivity contribution in [2.75, 3.05) is 0 Å². The zero-order chi connectivity index (χ0) is 12.0. The van der Waals surface area contributed by atoms with Crippen LogP contribution in [0.3, 0.4) is 0 Å². The van der Waals surface area contributed by atoms with Gasteiger partial charge in [-0.05, 0) is 24.3 Å². The Morgan fingerprint density at radius 3 is 2.29 bits per heavy atom. The van der Waals surface area contributed by atoms with Crippen molar-refractivity contribution in [2.45, 2.75) is 0 Å². The van der Waals surface area contributed by atoms with Crippen molar-refractivity contribution in [3.05, 3.63) is 46.4 Å². The number of hydrogen-bond donors (Lipinski definition) is 0. The average Bonchev–Trinajstić information content (AvgIpc) is 2.32. The largest absolute Gasteiger partial charge is 0.248 e. The van der Waals surface area contributed by atoms with Crippen LogP contribution < -0.4 is 5.46 Å². The minimum Gasteiger partial charge on any atom is -0.248 e. The Labute approximate surface area is 110 Å². The molecule has 0 saturated carbocycles. The molecule has 1 heterocycles. The molecule has 1 nitrogen and oxygen atoms in total. The van der Waals surface area contributed by atoms with E-state index in [0.29, 0.717) is 15.5 Å². The number of pyridine rings is 1. The topological polar surface area (TPSA) is 12.9 Å². The third kappa shape index (κ3) is 1.78. The van der Waals surface area contributed by atoms with Crippen molar-refractivity contribution in [1.82, 2.24) is 4.98 Å². The van der Waals surface area contributed by atoms with Crippen LogP contribution in [0.4, 0.5) is 0 Å². The number of benzene rings is 2. The van der Waals surface area contributed by atoms with Gasteiger partial charge >= 0.3 is 0 Å². The number of hydrogen-bond acceptors (Lipinski definition) is 1. The van der Waals surface area contributed by atoms with E-state index in [1.54, 1.807) is 6.07 Å². The Balaban J connectivity index is 2.53. The summed E-state index contributed by atoms with van der Waals surface area (Å²) in [6.45, 7) is 0. The van der Waals surface area contributed by atoms with Crippen LogP contribution >= 0.6 is 23.2 Å². The molecule has 0 N–H and O–H groups in total. The molecule has 0 spiro atoms. The second kappa shape index (κ2) is 3.90. The molecule has 0 amide bonds. The molecule has 80 valence electrons. The zero-order valence-corrected chi connectivity index (χ0v) is 10.3. The molecule has 0 unspecified atom stereocenters. The van der Waals surface area contributed by atoms with Gasteiger partial charge in [-0.25, -0.2) is 4.98 Å². The fraction of sp³-hybridized carbons (Fsp3) is 0. The van der Waals surface area contributed by atoms with E-state index in [1.807, 2.05) is 30.3 Å². The van der Waals surface area contributed by atoms with Crippen LogP contribution in [0.1, 0.15) is 0 Å². The Hall–Kier alpha value is -1.25. The van der Waals surface area contributed by atoms with Gasteiger partial charge in [-0.15, -0.1) is 0 Å². The summed E-state index contributed by atoms with van der Waals surface area (Å²) in [6.07, 6.45) is 0. The summed E-state index contributed by atoms with van der Waals surface area (Å²) < 4.78 is 0. The molecule has 0 fully saturated rings. The Kier molecular flexibility index (Phi) is 2.50. The quantitative estimate of drug-likeness (QED) is 0.444. The predicted molar refractivity (Wildman–Crippen MR) is 74.7 cm³/mol. The molecule has 1 aromatic heterocycles. The van der Waals surface area contributed by atoms with Crippen LogP contribution in [-0.4, -0.2) is 12.8 Å². The van der Waals surface area contributed by atoms with Crippen molar-refractivity contribution < 1.29 is 0 Å². The van der Waals surface area contributed by atoms with Gasteiger partial charge in [0, 0.05) is 15.8 Å². The smallest absolute Gasteiger partial charge is 0.113 e. The first-order chi connectivity index (χ1) is 8.15. The number of fused-ring (bicyclic) bond motifs is 2. The zero-order valence-electron chi connectivity index (χ0n) is 8.74. The van der Waals surface area contributed by atoms with E-state index in [2.05, 4.69) is 4.98 Å². The molecule has 0 aliphatic carbocycles. The molecule has 0 atom stereocenters. The lowest BCUT2D eigenvalue weighted by atomic mass is 9.94. The monoisotopic (exact) mass is 257 g/mol. The summed E-state index contributed by atoms with van der Waals surface area (Å²) >= 11 is 12.3. The minimum absolute atomic E-state index is 0.639. The van der Waals surface area contributed by atoms with Crippen molar-refractivity contribution in [3.8, 4) is 0 Å². The second-order valence-corrected chi connectivity index (χ2v) is 4.68. The molecule has 0 saturated heterocycles. The maximum atomic E-state index is 6.36.